The van der Waals surface area contributed by atoms with E-state index in [4.69, 9.17) is 4.74 Å². The molecule has 0 unspecified atom stereocenters. The van der Waals surface area contributed by atoms with Crippen molar-refractivity contribution in [3.63, 3.8) is 0 Å². The smallest absolute Gasteiger partial charge is 0.217 e. The van der Waals surface area contributed by atoms with Gasteiger partial charge >= 0.3 is 0 Å². The lowest BCUT2D eigenvalue weighted by Gasteiger charge is -2.23. The molecule has 1 aromatic heterocycles. The van der Waals surface area contributed by atoms with Crippen molar-refractivity contribution in [1.82, 2.24) is 4.98 Å². The third-order valence-corrected chi connectivity index (χ3v) is 3.96. The van der Waals surface area contributed by atoms with Crippen LogP contribution in [0, 0.1) is 0 Å². The van der Waals surface area contributed by atoms with Crippen LogP contribution in [0.15, 0.2) is 30.3 Å². The maximum absolute atomic E-state index is 5.50. The molecule has 0 radical (unpaired) electrons. The average molecular weight is 241 g/mol. The van der Waals surface area contributed by atoms with E-state index >= 15 is 0 Å². The van der Waals surface area contributed by atoms with Crippen LogP contribution in [0.5, 0.6) is 5.88 Å². The predicted octanol–water partition coefficient (Wildman–Crippen LogP) is 4.29. The molecule has 1 fully saturated rings. The van der Waals surface area contributed by atoms with Gasteiger partial charge in [-0.25, -0.2) is 4.98 Å². The Labute approximate surface area is 108 Å². The van der Waals surface area contributed by atoms with Gasteiger partial charge in [-0.15, -0.1) is 0 Å². The monoisotopic (exact) mass is 241 g/mol. The molecule has 0 spiro atoms. The number of nitrogens with zero attached hydrogens (tertiary/aromatic N) is 1. The maximum atomic E-state index is 5.50. The second kappa shape index (κ2) is 4.97. The fourth-order valence-corrected chi connectivity index (χ4v) is 2.98. The molecule has 94 valence electrons. The molecule has 0 bridgehead atoms. The van der Waals surface area contributed by atoms with E-state index in [9.17, 15) is 0 Å². The highest BCUT2D eigenvalue weighted by molar-refractivity contribution is 5.80. The van der Waals surface area contributed by atoms with E-state index in [2.05, 4.69) is 23.2 Å². The van der Waals surface area contributed by atoms with Crippen LogP contribution >= 0.6 is 0 Å². The topological polar surface area (TPSA) is 22.1 Å². The molecule has 0 aliphatic heterocycles. The van der Waals surface area contributed by atoms with Gasteiger partial charge in [0.15, 0.2) is 0 Å². The van der Waals surface area contributed by atoms with Gasteiger partial charge in [0, 0.05) is 10.9 Å². The summed E-state index contributed by atoms with van der Waals surface area (Å²) >= 11 is 0. The lowest BCUT2D eigenvalue weighted by molar-refractivity contribution is 0.375. The molecule has 1 saturated carbocycles. The SMILES string of the molecule is COc1nc2ccccc2cc1C1CCCCC1. The van der Waals surface area contributed by atoms with E-state index in [1.807, 2.05) is 12.1 Å². The zero-order chi connectivity index (χ0) is 12.4. The van der Waals surface area contributed by atoms with Crippen LogP contribution in [0.3, 0.4) is 0 Å². The fourth-order valence-electron chi connectivity index (χ4n) is 2.98. The van der Waals surface area contributed by atoms with Crippen molar-refractivity contribution in [1.29, 1.82) is 0 Å². The van der Waals surface area contributed by atoms with Crippen molar-refractivity contribution >= 4 is 10.9 Å². The molecule has 1 aliphatic rings. The first-order valence-electron chi connectivity index (χ1n) is 6.82. The zero-order valence-electron chi connectivity index (χ0n) is 10.9. The minimum absolute atomic E-state index is 0.630. The van der Waals surface area contributed by atoms with Gasteiger partial charge in [0.2, 0.25) is 5.88 Å². The third-order valence-electron chi connectivity index (χ3n) is 3.96. The highest BCUT2D eigenvalue weighted by Crippen LogP contribution is 2.37. The van der Waals surface area contributed by atoms with Crippen LogP contribution < -0.4 is 4.74 Å². The van der Waals surface area contributed by atoms with Crippen LogP contribution in [0.25, 0.3) is 10.9 Å². The molecule has 2 heteroatoms. The lowest BCUT2D eigenvalue weighted by atomic mass is 9.84. The Morgan fingerprint density at radius 2 is 1.89 bits per heavy atom. The Morgan fingerprint density at radius 3 is 2.67 bits per heavy atom. The highest BCUT2D eigenvalue weighted by atomic mass is 16.5. The van der Waals surface area contributed by atoms with Crippen LogP contribution in [-0.2, 0) is 0 Å². The van der Waals surface area contributed by atoms with Gasteiger partial charge in [-0.2, -0.15) is 0 Å². The molecular weight excluding hydrogens is 222 g/mol. The molecule has 0 amide bonds. The van der Waals surface area contributed by atoms with Crippen LogP contribution in [0.4, 0.5) is 0 Å². The van der Waals surface area contributed by atoms with Crippen LogP contribution in [0.1, 0.15) is 43.6 Å². The van der Waals surface area contributed by atoms with E-state index < -0.39 is 0 Å². The molecule has 3 rings (SSSR count). The van der Waals surface area contributed by atoms with Gasteiger partial charge in [0.1, 0.15) is 0 Å². The Bertz CT molecular complexity index is 544. The summed E-state index contributed by atoms with van der Waals surface area (Å²) in [7, 11) is 1.73. The number of fused-ring (bicyclic) bond motifs is 1. The minimum atomic E-state index is 0.630. The second-order valence-electron chi connectivity index (χ2n) is 5.11. The molecule has 1 aromatic carbocycles. The number of pyridine rings is 1. The van der Waals surface area contributed by atoms with Gasteiger partial charge in [-0.3, -0.25) is 0 Å². The summed E-state index contributed by atoms with van der Waals surface area (Å²) in [5, 5.41) is 1.22. The highest BCUT2D eigenvalue weighted by Gasteiger charge is 2.20. The lowest BCUT2D eigenvalue weighted by Crippen LogP contribution is -2.07. The summed E-state index contributed by atoms with van der Waals surface area (Å²) in [5.74, 6) is 1.45. The number of benzene rings is 1. The molecule has 0 atom stereocenters. The number of methoxy groups -OCH3 is 1. The molecule has 1 aliphatic carbocycles. The van der Waals surface area contributed by atoms with Gasteiger partial charge in [0.05, 0.1) is 12.6 Å². The van der Waals surface area contributed by atoms with E-state index in [0.29, 0.717) is 5.92 Å². The number of aromatic nitrogens is 1. The van der Waals surface area contributed by atoms with Crippen molar-refractivity contribution in [2.45, 2.75) is 38.0 Å². The Hall–Kier alpha value is -1.57. The molecule has 2 nitrogen and oxygen atoms in total. The Morgan fingerprint density at radius 1 is 1.11 bits per heavy atom. The summed E-state index contributed by atoms with van der Waals surface area (Å²) in [5.41, 5.74) is 2.32. The van der Waals surface area contributed by atoms with Crippen LogP contribution in [0.2, 0.25) is 0 Å². The van der Waals surface area contributed by atoms with Crippen molar-refractivity contribution in [2.24, 2.45) is 0 Å². The van der Waals surface area contributed by atoms with Crippen molar-refractivity contribution in [2.75, 3.05) is 7.11 Å². The van der Waals surface area contributed by atoms with Crippen molar-refractivity contribution in [3.8, 4) is 5.88 Å². The second-order valence-corrected chi connectivity index (χ2v) is 5.11. The standard InChI is InChI=1S/C16H19NO/c1-18-16-14(12-7-3-2-4-8-12)11-13-9-5-6-10-15(13)17-16/h5-6,9-12H,2-4,7-8H2,1H3. The molecule has 0 saturated heterocycles. The molecule has 1 heterocycles. The molecule has 0 N–H and O–H groups in total. The summed E-state index contributed by atoms with van der Waals surface area (Å²) in [6.07, 6.45) is 6.59. The van der Waals surface area contributed by atoms with E-state index in [-0.39, 0.29) is 0 Å². The van der Waals surface area contributed by atoms with Gasteiger partial charge in [-0.05, 0) is 30.9 Å². The van der Waals surface area contributed by atoms with Gasteiger partial charge in [0.25, 0.3) is 0 Å². The predicted molar refractivity (Wildman–Crippen MR) is 74.1 cm³/mol. The minimum Gasteiger partial charge on any atom is -0.481 e. The number of ether oxygens (including phenoxy) is 1. The number of rotatable bonds is 2. The summed E-state index contributed by atoms with van der Waals surface area (Å²) in [6, 6.07) is 10.5. The Balaban J connectivity index is 2.08. The molecule has 18 heavy (non-hydrogen) atoms. The third kappa shape index (κ3) is 2.07. The van der Waals surface area contributed by atoms with Crippen molar-refractivity contribution < 1.29 is 4.74 Å². The number of hydrogen-bond acceptors (Lipinski definition) is 2. The first-order valence-corrected chi connectivity index (χ1v) is 6.82. The number of hydrogen-bond donors (Lipinski definition) is 0. The van der Waals surface area contributed by atoms with E-state index in [1.54, 1.807) is 7.11 Å². The first-order chi connectivity index (χ1) is 8.88. The normalized spacial score (nSPS) is 16.9. The summed E-state index contributed by atoms with van der Waals surface area (Å²) < 4.78 is 5.50. The summed E-state index contributed by atoms with van der Waals surface area (Å²) in [6.45, 7) is 0. The number of para-hydroxylation sites is 1. The largest absolute Gasteiger partial charge is 0.481 e. The summed E-state index contributed by atoms with van der Waals surface area (Å²) in [4.78, 5) is 4.65. The van der Waals surface area contributed by atoms with Gasteiger partial charge < -0.3 is 4.74 Å². The maximum Gasteiger partial charge on any atom is 0.217 e. The van der Waals surface area contributed by atoms with Gasteiger partial charge in [-0.1, -0.05) is 37.5 Å². The fraction of sp³-hybridized carbons (Fsp3) is 0.438. The van der Waals surface area contributed by atoms with Crippen molar-refractivity contribution in [3.05, 3.63) is 35.9 Å². The average Bonchev–Trinajstić information content (AvgIpc) is 2.46. The van der Waals surface area contributed by atoms with E-state index in [0.717, 1.165) is 11.4 Å². The zero-order valence-corrected chi connectivity index (χ0v) is 10.9. The van der Waals surface area contributed by atoms with Crippen LogP contribution in [-0.4, -0.2) is 12.1 Å². The molecular formula is C16H19NO. The quantitative estimate of drug-likeness (QED) is 0.782. The van der Waals surface area contributed by atoms with E-state index in [1.165, 1.54) is 43.1 Å². The molecule has 2 aromatic rings. The first kappa shape index (κ1) is 11.5. The Kier molecular flexibility index (Phi) is 3.18.